The third-order valence-corrected chi connectivity index (χ3v) is 5.55. The van der Waals surface area contributed by atoms with E-state index in [1.807, 2.05) is 16.9 Å². The van der Waals surface area contributed by atoms with Crippen LogP contribution in [0.4, 0.5) is 11.4 Å². The molecule has 29 heavy (non-hydrogen) atoms. The molecule has 4 rings (SSSR count). The topological polar surface area (TPSA) is 75.7 Å². The van der Waals surface area contributed by atoms with Crippen molar-refractivity contribution in [1.29, 1.82) is 0 Å². The summed E-state index contributed by atoms with van der Waals surface area (Å²) < 4.78 is 34.2. The summed E-state index contributed by atoms with van der Waals surface area (Å²) in [6.45, 7) is 4.66. The average Bonchev–Trinajstić information content (AvgIpc) is 2.68. The molecule has 0 spiro atoms. The molecule has 1 aliphatic heterocycles. The van der Waals surface area contributed by atoms with Crippen molar-refractivity contribution >= 4 is 32.5 Å². The zero-order valence-electron chi connectivity index (χ0n) is 16.4. The maximum Gasteiger partial charge on any atom is 1.00 e. The minimum Gasteiger partial charge on any atom is -0.731 e. The number of nitrogens with one attached hydrogen (secondary N) is 1. The van der Waals surface area contributed by atoms with E-state index >= 15 is 0 Å². The van der Waals surface area contributed by atoms with E-state index in [9.17, 15) is 13.0 Å². The van der Waals surface area contributed by atoms with Crippen LogP contribution in [0.15, 0.2) is 66.7 Å². The van der Waals surface area contributed by atoms with Crippen molar-refractivity contribution in [1.82, 2.24) is 4.90 Å². The van der Waals surface area contributed by atoms with Crippen molar-refractivity contribution in [3.8, 4) is 0 Å². The Labute approximate surface area is 193 Å². The second-order valence-corrected chi connectivity index (χ2v) is 8.16. The second kappa shape index (κ2) is 9.47. The van der Waals surface area contributed by atoms with E-state index in [0.717, 1.165) is 38.4 Å². The number of nitrogens with zero attached hydrogens (tertiary/aromatic N) is 2. The van der Waals surface area contributed by atoms with Crippen LogP contribution >= 0.6 is 0 Å². The Morgan fingerprint density at radius 2 is 1.52 bits per heavy atom. The number of rotatable bonds is 5. The molecule has 0 saturated carbocycles. The fourth-order valence-electron chi connectivity index (χ4n) is 3.64. The molecule has 1 N–H and O–H groups in total. The van der Waals surface area contributed by atoms with Gasteiger partial charge in [-0.3, -0.25) is 9.62 Å². The molecular weight excluding hydrogens is 397 g/mol. The molecule has 3 aromatic rings. The summed E-state index contributed by atoms with van der Waals surface area (Å²) in [5.41, 5.74) is 2.63. The third-order valence-electron chi connectivity index (χ3n) is 5.07. The summed E-state index contributed by atoms with van der Waals surface area (Å²) in [5.74, 6) is 0. The van der Waals surface area contributed by atoms with Crippen molar-refractivity contribution in [2.24, 2.45) is 0 Å². The molecule has 1 fully saturated rings. The van der Waals surface area contributed by atoms with E-state index in [1.165, 1.54) is 16.3 Å². The summed E-state index contributed by atoms with van der Waals surface area (Å²) in [7, 11) is -4.49. The van der Waals surface area contributed by atoms with Crippen molar-refractivity contribution < 1.29 is 42.5 Å². The van der Waals surface area contributed by atoms with Crippen LogP contribution in [0.2, 0.25) is 0 Å². The van der Waals surface area contributed by atoms with Gasteiger partial charge in [0.2, 0.25) is 0 Å². The van der Waals surface area contributed by atoms with E-state index in [-0.39, 0.29) is 35.2 Å². The van der Waals surface area contributed by atoms with Crippen molar-refractivity contribution in [3.63, 3.8) is 0 Å². The Morgan fingerprint density at radius 3 is 2.17 bits per heavy atom. The number of benzene rings is 3. The molecule has 0 aliphatic carbocycles. The van der Waals surface area contributed by atoms with E-state index < -0.39 is 10.3 Å². The molecule has 0 bridgehead atoms. The molecule has 3 aromatic carbocycles. The summed E-state index contributed by atoms with van der Waals surface area (Å²) in [6, 6.07) is 22.0. The van der Waals surface area contributed by atoms with Crippen LogP contribution in [-0.4, -0.2) is 44.0 Å². The van der Waals surface area contributed by atoms with E-state index in [0.29, 0.717) is 0 Å². The zero-order valence-corrected chi connectivity index (χ0v) is 19.2. The number of fused-ring (bicyclic) bond motifs is 1. The van der Waals surface area contributed by atoms with Crippen molar-refractivity contribution in [2.75, 3.05) is 35.8 Å². The van der Waals surface area contributed by atoms with Gasteiger partial charge in [-0.05, 0) is 46.7 Å². The summed E-state index contributed by atoms with van der Waals surface area (Å²) in [4.78, 5) is 4.72. The monoisotopic (exact) mass is 419 g/mol. The quantitative estimate of drug-likeness (QED) is 0.467. The summed E-state index contributed by atoms with van der Waals surface area (Å²) in [5, 5.41) is 2.53. The number of piperazine rings is 1. The van der Waals surface area contributed by atoms with Crippen molar-refractivity contribution in [3.05, 3.63) is 72.3 Å². The van der Waals surface area contributed by atoms with Crippen LogP contribution in [0.3, 0.4) is 0 Å². The predicted octanol–water partition coefficient (Wildman–Crippen LogP) is 0.0381. The van der Waals surface area contributed by atoms with Gasteiger partial charge < -0.3 is 9.45 Å². The first-order chi connectivity index (χ1) is 13.5. The number of anilines is 2. The molecule has 0 radical (unpaired) electrons. The van der Waals surface area contributed by atoms with Crippen LogP contribution in [0.1, 0.15) is 5.56 Å². The molecule has 6 nitrogen and oxygen atoms in total. The van der Waals surface area contributed by atoms with Crippen LogP contribution < -0.4 is 39.2 Å². The molecule has 1 heterocycles. The molecule has 1 saturated heterocycles. The molecule has 0 amide bonds. The molecular formula is C21H22N3NaO3S. The standard InChI is InChI=1S/C21H23N3O3S.Na/c25-28(26,27)22-20-7-9-21(10-8-20)24-13-11-23(12-14-24)16-17-5-6-18-3-1-2-4-19(18)15-17;/h1-10,15,22H,11-14,16H2,(H,25,26,27);/q;+1/p-1. The average molecular weight is 419 g/mol. The second-order valence-electron chi connectivity index (χ2n) is 7.05. The van der Waals surface area contributed by atoms with Gasteiger partial charge in [-0.1, -0.05) is 36.4 Å². The van der Waals surface area contributed by atoms with E-state index in [4.69, 9.17) is 0 Å². The molecule has 0 atom stereocenters. The number of hydrogen-bond acceptors (Lipinski definition) is 5. The first kappa shape index (κ1) is 22.1. The summed E-state index contributed by atoms with van der Waals surface area (Å²) in [6.07, 6.45) is 0. The Morgan fingerprint density at radius 1 is 0.862 bits per heavy atom. The normalized spacial score (nSPS) is 15.1. The van der Waals surface area contributed by atoms with Gasteiger partial charge in [-0.25, -0.2) is 8.42 Å². The maximum absolute atomic E-state index is 10.8. The molecule has 146 valence electrons. The fourth-order valence-corrected chi connectivity index (χ4v) is 4.07. The SMILES string of the molecule is O=S(=O)([O-])Nc1ccc(N2CCN(Cc3ccc4ccccc4c3)CC2)cc1.[Na+]. The van der Waals surface area contributed by atoms with Crippen LogP contribution in [-0.2, 0) is 16.8 Å². The summed E-state index contributed by atoms with van der Waals surface area (Å²) >= 11 is 0. The largest absolute Gasteiger partial charge is 1.00 e. The molecule has 1 aliphatic rings. The predicted molar refractivity (Wildman–Crippen MR) is 111 cm³/mol. The van der Waals surface area contributed by atoms with Crippen molar-refractivity contribution in [2.45, 2.75) is 6.54 Å². The Hall–Kier alpha value is -1.61. The fraction of sp³-hybridized carbons (Fsp3) is 0.238. The zero-order chi connectivity index (χ0) is 19.6. The number of hydrogen-bond donors (Lipinski definition) is 1. The van der Waals surface area contributed by atoms with Gasteiger partial charge in [0.25, 0.3) is 0 Å². The Kier molecular flexibility index (Phi) is 7.21. The third kappa shape index (κ3) is 5.94. The van der Waals surface area contributed by atoms with Gasteiger partial charge >= 0.3 is 29.6 Å². The van der Waals surface area contributed by atoms with Gasteiger partial charge in [-0.15, -0.1) is 0 Å². The van der Waals surface area contributed by atoms with Crippen LogP contribution in [0, 0.1) is 0 Å². The van der Waals surface area contributed by atoms with Crippen LogP contribution in [0.5, 0.6) is 0 Å². The Balaban J connectivity index is 0.00000240. The Bertz CT molecular complexity index is 1070. The molecule has 8 heteroatoms. The first-order valence-corrected chi connectivity index (χ1v) is 10.7. The minimum atomic E-state index is -4.49. The molecule has 0 unspecified atom stereocenters. The van der Waals surface area contributed by atoms with Crippen LogP contribution in [0.25, 0.3) is 10.8 Å². The van der Waals surface area contributed by atoms with Gasteiger partial charge in [0.15, 0.2) is 10.3 Å². The molecule has 0 aromatic heterocycles. The minimum absolute atomic E-state index is 0. The van der Waals surface area contributed by atoms with Gasteiger partial charge in [0.05, 0.1) is 0 Å². The smallest absolute Gasteiger partial charge is 0.731 e. The van der Waals surface area contributed by atoms with Gasteiger partial charge in [0.1, 0.15) is 0 Å². The first-order valence-electron chi connectivity index (χ1n) is 9.25. The maximum atomic E-state index is 10.8. The van der Waals surface area contributed by atoms with E-state index in [1.54, 1.807) is 12.1 Å². The van der Waals surface area contributed by atoms with Gasteiger partial charge in [-0.2, -0.15) is 0 Å². The van der Waals surface area contributed by atoms with Gasteiger partial charge in [0, 0.05) is 44.1 Å². The van der Waals surface area contributed by atoms with E-state index in [2.05, 4.69) is 52.3 Å².